The van der Waals surface area contributed by atoms with Gasteiger partial charge in [-0.2, -0.15) is 0 Å². The molecule has 236 valence electrons. The number of hydrogen-bond acceptors (Lipinski definition) is 11. The summed E-state index contributed by atoms with van der Waals surface area (Å²) in [5.74, 6) is -1.65. The number of carbonyl (C=O) groups is 4. The minimum atomic E-state index is -2.02. The number of benzene rings is 1. The highest BCUT2D eigenvalue weighted by molar-refractivity contribution is 5.74. The Kier molecular flexibility index (Phi) is 11.8. The van der Waals surface area contributed by atoms with Crippen LogP contribution in [0.5, 0.6) is 5.75 Å². The molecule has 0 radical (unpaired) electrons. The minimum absolute atomic E-state index is 0.183. The lowest BCUT2D eigenvalue weighted by Crippen LogP contribution is -2.32. The van der Waals surface area contributed by atoms with Crippen molar-refractivity contribution in [3.05, 3.63) is 46.9 Å². The highest BCUT2D eigenvalue weighted by atomic mass is 16.7. The number of aliphatic hydroxyl groups excluding tert-OH is 1. The molecule has 0 saturated heterocycles. The molecule has 2 saturated carbocycles. The molecule has 2 fully saturated rings. The Balaban J connectivity index is 2.03. The van der Waals surface area contributed by atoms with Crippen LogP contribution in [0.15, 0.2) is 41.4 Å². The van der Waals surface area contributed by atoms with Gasteiger partial charge < -0.3 is 33.5 Å². The van der Waals surface area contributed by atoms with Crippen LogP contribution in [0.4, 0.5) is 0 Å². The van der Waals surface area contributed by atoms with E-state index in [9.17, 15) is 24.3 Å². The molecule has 0 amide bonds. The average Bonchev–Trinajstić information content (AvgIpc) is 2.91. The number of aliphatic hydroxyl groups is 1. The largest absolute Gasteiger partial charge is 0.496 e. The highest BCUT2D eigenvalue weighted by Crippen LogP contribution is 2.50. The number of hydrogen-bond donors (Lipinski definition) is 1. The zero-order chi connectivity index (χ0) is 31.8. The molecule has 1 aromatic carbocycles. The van der Waals surface area contributed by atoms with E-state index < -0.39 is 54.2 Å². The van der Waals surface area contributed by atoms with Gasteiger partial charge in [-0.3, -0.25) is 19.2 Å². The number of fused-ring (bicyclic) bond motifs is 2. The van der Waals surface area contributed by atoms with Crippen molar-refractivity contribution in [1.82, 2.24) is 0 Å². The summed E-state index contributed by atoms with van der Waals surface area (Å²) >= 11 is 0. The number of methoxy groups -OCH3 is 2. The van der Waals surface area contributed by atoms with Crippen LogP contribution in [-0.4, -0.2) is 55.6 Å². The molecule has 6 atom stereocenters. The number of ether oxygens (including phenoxy) is 6. The van der Waals surface area contributed by atoms with Crippen molar-refractivity contribution >= 4 is 29.6 Å². The van der Waals surface area contributed by atoms with Gasteiger partial charge in [-0.25, -0.2) is 0 Å². The SMILES string of the molecule is COC(=O)CC(OC(C)=O)C(OC(C)=O)=C(OC(C)=O)C(O)Oc1cccc(C(OC)=C2C(C)CC3CC(C)CC2C3)c1. The Morgan fingerprint density at radius 1 is 0.884 bits per heavy atom. The molecule has 6 unspecified atom stereocenters. The first-order chi connectivity index (χ1) is 20.3. The Hall–Kier alpha value is -3.86. The van der Waals surface area contributed by atoms with Crippen molar-refractivity contribution < 1.29 is 52.7 Å². The summed E-state index contributed by atoms with van der Waals surface area (Å²) in [5, 5.41) is 11.1. The van der Waals surface area contributed by atoms with Crippen LogP contribution in [0.1, 0.15) is 72.3 Å². The quantitative estimate of drug-likeness (QED) is 0.163. The summed E-state index contributed by atoms with van der Waals surface area (Å²) in [7, 11) is 2.75. The van der Waals surface area contributed by atoms with E-state index in [0.29, 0.717) is 23.7 Å². The van der Waals surface area contributed by atoms with Gasteiger partial charge in [-0.15, -0.1) is 0 Å². The predicted molar refractivity (Wildman–Crippen MR) is 154 cm³/mol. The maximum atomic E-state index is 12.1. The molecule has 0 spiro atoms. The summed E-state index contributed by atoms with van der Waals surface area (Å²) in [6, 6.07) is 6.89. The van der Waals surface area contributed by atoms with Gasteiger partial charge in [0.25, 0.3) is 6.29 Å². The van der Waals surface area contributed by atoms with Crippen molar-refractivity contribution in [2.75, 3.05) is 14.2 Å². The number of carbonyl (C=O) groups excluding carboxylic acids is 4. The number of esters is 4. The molecule has 11 heteroatoms. The Morgan fingerprint density at radius 2 is 1.56 bits per heavy atom. The Labute approximate surface area is 252 Å². The molecule has 43 heavy (non-hydrogen) atoms. The first-order valence-corrected chi connectivity index (χ1v) is 14.4. The molecular formula is C32H42O11. The molecule has 1 N–H and O–H groups in total. The van der Waals surface area contributed by atoms with Gasteiger partial charge >= 0.3 is 23.9 Å². The minimum Gasteiger partial charge on any atom is -0.496 e. The third-order valence-corrected chi connectivity index (χ3v) is 7.66. The van der Waals surface area contributed by atoms with Crippen LogP contribution in [0.25, 0.3) is 5.76 Å². The van der Waals surface area contributed by atoms with Crippen molar-refractivity contribution in [1.29, 1.82) is 0 Å². The summed E-state index contributed by atoms with van der Waals surface area (Å²) in [6.07, 6.45) is 0.392. The molecule has 0 aromatic heterocycles. The predicted octanol–water partition coefficient (Wildman–Crippen LogP) is 4.67. The smallest absolute Gasteiger partial charge is 0.309 e. The van der Waals surface area contributed by atoms with Crippen LogP contribution >= 0.6 is 0 Å². The molecule has 11 nitrogen and oxygen atoms in total. The van der Waals surface area contributed by atoms with Gasteiger partial charge in [-0.1, -0.05) is 26.0 Å². The molecular weight excluding hydrogens is 560 g/mol. The normalized spacial score (nSPS) is 24.4. The molecule has 2 bridgehead atoms. The monoisotopic (exact) mass is 602 g/mol. The Bertz CT molecular complexity index is 1260. The van der Waals surface area contributed by atoms with Crippen molar-refractivity contribution in [2.45, 2.75) is 79.1 Å². The van der Waals surface area contributed by atoms with E-state index in [1.165, 1.54) is 12.0 Å². The van der Waals surface area contributed by atoms with Gasteiger partial charge in [0.15, 0.2) is 11.9 Å². The first-order valence-electron chi connectivity index (χ1n) is 14.4. The number of rotatable bonds is 11. The fourth-order valence-electron chi connectivity index (χ4n) is 6.36. The fourth-order valence-corrected chi connectivity index (χ4v) is 6.36. The van der Waals surface area contributed by atoms with Crippen molar-refractivity contribution in [3.8, 4) is 5.75 Å². The van der Waals surface area contributed by atoms with Gasteiger partial charge in [0.1, 0.15) is 11.5 Å². The zero-order valence-corrected chi connectivity index (χ0v) is 25.8. The van der Waals surface area contributed by atoms with E-state index in [-0.39, 0.29) is 5.75 Å². The molecule has 1 aromatic rings. The lowest BCUT2D eigenvalue weighted by atomic mass is 9.62. The van der Waals surface area contributed by atoms with Crippen LogP contribution in [0.3, 0.4) is 0 Å². The lowest BCUT2D eigenvalue weighted by Gasteiger charge is -2.43. The molecule has 2 aliphatic rings. The fraction of sp³-hybridized carbons (Fsp3) is 0.562. The van der Waals surface area contributed by atoms with Crippen molar-refractivity contribution in [3.63, 3.8) is 0 Å². The highest BCUT2D eigenvalue weighted by Gasteiger charge is 2.39. The van der Waals surface area contributed by atoms with Gasteiger partial charge in [0, 0.05) is 26.3 Å². The summed E-state index contributed by atoms with van der Waals surface area (Å²) in [6.45, 7) is 7.70. The van der Waals surface area contributed by atoms with Crippen LogP contribution in [0.2, 0.25) is 0 Å². The maximum Gasteiger partial charge on any atom is 0.309 e. The van der Waals surface area contributed by atoms with Crippen LogP contribution < -0.4 is 4.74 Å². The topological polar surface area (TPSA) is 144 Å². The molecule has 0 aliphatic heterocycles. The molecule has 2 aliphatic carbocycles. The van der Waals surface area contributed by atoms with Crippen LogP contribution in [-0.2, 0) is 42.9 Å². The van der Waals surface area contributed by atoms with Gasteiger partial charge in [0.2, 0.25) is 5.76 Å². The third-order valence-electron chi connectivity index (χ3n) is 7.66. The summed E-state index contributed by atoms with van der Waals surface area (Å²) in [4.78, 5) is 47.9. The third kappa shape index (κ3) is 9.06. The molecule has 0 heterocycles. The van der Waals surface area contributed by atoms with E-state index in [0.717, 1.165) is 58.5 Å². The Morgan fingerprint density at radius 3 is 2.16 bits per heavy atom. The second kappa shape index (κ2) is 15.0. The lowest BCUT2D eigenvalue weighted by molar-refractivity contribution is -0.157. The van der Waals surface area contributed by atoms with Gasteiger partial charge in [0.05, 0.1) is 20.6 Å². The average molecular weight is 603 g/mol. The van der Waals surface area contributed by atoms with E-state index in [1.807, 2.05) is 6.07 Å². The van der Waals surface area contributed by atoms with Gasteiger partial charge in [-0.05, 0) is 67.1 Å². The van der Waals surface area contributed by atoms with Crippen LogP contribution in [0, 0.1) is 23.7 Å². The first kappa shape index (κ1) is 33.6. The van der Waals surface area contributed by atoms with E-state index >= 15 is 0 Å². The standard InChI is InChI=1S/C32H42O11/c1-17-11-22-13-18(2)28(24(12-17)14-22)29(39-7)23-9-8-10-25(15-23)43-32(37)31(42-21(5)35)30(41-20(4)34)26(40-19(3)33)16-27(36)38-6/h8-10,15,17-18,22,24,26,32,37H,11-14,16H2,1-7H3. The second-order valence-corrected chi connectivity index (χ2v) is 11.3. The van der Waals surface area contributed by atoms with E-state index in [4.69, 9.17) is 23.7 Å². The van der Waals surface area contributed by atoms with E-state index in [2.05, 4.69) is 18.6 Å². The van der Waals surface area contributed by atoms with Crippen molar-refractivity contribution in [2.24, 2.45) is 23.7 Å². The summed E-state index contributed by atoms with van der Waals surface area (Å²) < 4.78 is 32.0. The maximum absolute atomic E-state index is 12.1. The number of allylic oxidation sites excluding steroid dienone is 1. The van der Waals surface area contributed by atoms with E-state index in [1.54, 1.807) is 25.3 Å². The molecule has 3 rings (SSSR count). The second-order valence-electron chi connectivity index (χ2n) is 11.3. The zero-order valence-electron chi connectivity index (χ0n) is 25.8. The summed E-state index contributed by atoms with van der Waals surface area (Å²) in [5.41, 5.74) is 2.01.